The number of ether oxygens (including phenoxy) is 1. The standard InChI is InChI=1S/C21H19NO7/c1-21(2)8-15(25)18-16(9-21)29-19-14(24)7-11(10-23)28-20(19)17(18)12-5-3-4-6-13(12)22(26)27/h3-7,17,23H,8-10H2,1-2H3. The van der Waals surface area contributed by atoms with Crippen LogP contribution in [0.25, 0.3) is 0 Å². The molecule has 1 aliphatic heterocycles. The fraction of sp³-hybridized carbons (Fsp3) is 0.333. The molecule has 1 unspecified atom stereocenters. The minimum atomic E-state index is -0.960. The molecule has 0 amide bonds. The third-order valence-corrected chi connectivity index (χ3v) is 5.24. The molecule has 1 aromatic heterocycles. The number of carbonyl (C=O) groups excluding carboxylic acids is 1. The van der Waals surface area contributed by atoms with Crippen LogP contribution in [0.15, 0.2) is 50.9 Å². The molecule has 8 heteroatoms. The van der Waals surface area contributed by atoms with Crippen molar-refractivity contribution in [1.82, 2.24) is 0 Å². The van der Waals surface area contributed by atoms with Crippen LogP contribution < -0.4 is 10.2 Å². The molecule has 150 valence electrons. The zero-order chi connectivity index (χ0) is 20.9. The molecular weight excluding hydrogens is 378 g/mol. The summed E-state index contributed by atoms with van der Waals surface area (Å²) in [6, 6.07) is 7.17. The van der Waals surface area contributed by atoms with Gasteiger partial charge in [0.1, 0.15) is 18.1 Å². The van der Waals surface area contributed by atoms with Gasteiger partial charge in [0, 0.05) is 36.1 Å². The summed E-state index contributed by atoms with van der Waals surface area (Å²) in [5.41, 5.74) is -0.565. The van der Waals surface area contributed by atoms with Gasteiger partial charge in [-0.3, -0.25) is 19.7 Å². The van der Waals surface area contributed by atoms with E-state index >= 15 is 0 Å². The topological polar surface area (TPSA) is 120 Å². The number of nitro benzene ring substituents is 1. The van der Waals surface area contributed by atoms with E-state index in [-0.39, 0.29) is 51.7 Å². The molecule has 1 N–H and O–H groups in total. The number of aliphatic hydroxyl groups is 1. The van der Waals surface area contributed by atoms with Gasteiger partial charge in [-0.1, -0.05) is 32.0 Å². The molecule has 0 bridgehead atoms. The highest BCUT2D eigenvalue weighted by Gasteiger charge is 2.45. The Morgan fingerprint density at radius 3 is 2.66 bits per heavy atom. The van der Waals surface area contributed by atoms with Crippen LogP contribution in [0.2, 0.25) is 0 Å². The maximum atomic E-state index is 13.1. The fourth-order valence-electron chi connectivity index (χ4n) is 4.06. The number of ketones is 1. The second-order valence-corrected chi connectivity index (χ2v) is 8.06. The Balaban J connectivity index is 2.04. The lowest BCUT2D eigenvalue weighted by atomic mass is 9.71. The molecule has 2 aliphatic rings. The number of rotatable bonds is 3. The lowest BCUT2D eigenvalue weighted by Gasteiger charge is -2.37. The number of hydrogen-bond donors (Lipinski definition) is 1. The molecule has 2 aromatic rings. The summed E-state index contributed by atoms with van der Waals surface area (Å²) in [6.07, 6.45) is 0.650. The van der Waals surface area contributed by atoms with Gasteiger partial charge in [0.05, 0.1) is 10.8 Å². The van der Waals surface area contributed by atoms with Crippen LogP contribution in [0, 0.1) is 15.5 Å². The van der Waals surface area contributed by atoms with Gasteiger partial charge in [-0.2, -0.15) is 0 Å². The molecule has 0 spiro atoms. The van der Waals surface area contributed by atoms with Crippen molar-refractivity contribution in [2.24, 2.45) is 5.41 Å². The minimum absolute atomic E-state index is 0.00246. The van der Waals surface area contributed by atoms with E-state index in [0.717, 1.165) is 6.07 Å². The number of nitrogens with zero attached hydrogens (tertiary/aromatic N) is 1. The number of allylic oxidation sites excluding steroid dienone is 2. The van der Waals surface area contributed by atoms with Crippen molar-refractivity contribution < 1.29 is 24.0 Å². The normalized spacial score (nSPS) is 20.0. The van der Waals surface area contributed by atoms with Gasteiger partial charge >= 0.3 is 0 Å². The first-order chi connectivity index (χ1) is 13.7. The first kappa shape index (κ1) is 19.1. The summed E-state index contributed by atoms with van der Waals surface area (Å²) >= 11 is 0. The molecule has 8 nitrogen and oxygen atoms in total. The number of Topliss-reactive ketones (excluding diaryl/α,β-unsaturated/α-hetero) is 1. The fourth-order valence-corrected chi connectivity index (χ4v) is 4.06. The Kier molecular flexibility index (Phi) is 4.38. The van der Waals surface area contributed by atoms with Crippen LogP contribution >= 0.6 is 0 Å². The molecule has 2 heterocycles. The van der Waals surface area contributed by atoms with E-state index in [1.54, 1.807) is 12.1 Å². The summed E-state index contributed by atoms with van der Waals surface area (Å²) in [4.78, 5) is 36.8. The first-order valence-corrected chi connectivity index (χ1v) is 9.17. The van der Waals surface area contributed by atoms with Crippen molar-refractivity contribution in [1.29, 1.82) is 0 Å². The molecule has 0 fully saturated rings. The molecule has 4 rings (SSSR count). The number of benzene rings is 1. The smallest absolute Gasteiger partial charge is 0.273 e. The van der Waals surface area contributed by atoms with Crippen molar-refractivity contribution in [2.75, 3.05) is 0 Å². The zero-order valence-electron chi connectivity index (χ0n) is 15.9. The summed E-state index contributed by atoms with van der Waals surface area (Å²) in [5, 5.41) is 21.1. The number of nitro groups is 1. The van der Waals surface area contributed by atoms with E-state index < -0.39 is 22.9 Å². The Hall–Kier alpha value is -3.26. The second kappa shape index (κ2) is 6.66. The average molecular weight is 397 g/mol. The zero-order valence-corrected chi connectivity index (χ0v) is 15.9. The molecule has 1 aliphatic carbocycles. The van der Waals surface area contributed by atoms with E-state index in [1.807, 2.05) is 13.8 Å². The average Bonchev–Trinajstić information content (AvgIpc) is 2.65. The Bertz CT molecular complexity index is 1130. The van der Waals surface area contributed by atoms with Gasteiger partial charge in [-0.25, -0.2) is 0 Å². The highest BCUT2D eigenvalue weighted by atomic mass is 16.6. The van der Waals surface area contributed by atoms with Gasteiger partial charge < -0.3 is 14.3 Å². The van der Waals surface area contributed by atoms with Crippen molar-refractivity contribution in [3.8, 4) is 5.75 Å². The van der Waals surface area contributed by atoms with Gasteiger partial charge in [0.15, 0.2) is 11.5 Å². The van der Waals surface area contributed by atoms with Crippen LogP contribution in [-0.2, 0) is 11.4 Å². The Labute approximate surface area is 165 Å². The van der Waals surface area contributed by atoms with E-state index in [9.17, 15) is 24.8 Å². The molecule has 0 saturated carbocycles. The predicted octanol–water partition coefficient (Wildman–Crippen LogP) is 3.21. The van der Waals surface area contributed by atoms with Crippen molar-refractivity contribution >= 4 is 11.5 Å². The number of para-hydroxylation sites is 1. The highest BCUT2D eigenvalue weighted by molar-refractivity contribution is 6.00. The summed E-state index contributed by atoms with van der Waals surface area (Å²) in [6.45, 7) is 3.31. The quantitative estimate of drug-likeness (QED) is 0.624. The maximum absolute atomic E-state index is 13.1. The Morgan fingerprint density at radius 1 is 1.24 bits per heavy atom. The van der Waals surface area contributed by atoms with Gasteiger partial charge in [0.25, 0.3) is 5.69 Å². The predicted molar refractivity (Wildman–Crippen MR) is 102 cm³/mol. The maximum Gasteiger partial charge on any atom is 0.273 e. The van der Waals surface area contributed by atoms with Crippen molar-refractivity contribution in [3.63, 3.8) is 0 Å². The van der Waals surface area contributed by atoms with E-state index in [2.05, 4.69) is 0 Å². The molecule has 0 saturated heterocycles. The number of carbonyl (C=O) groups is 1. The van der Waals surface area contributed by atoms with Crippen LogP contribution in [0.1, 0.15) is 49.7 Å². The second-order valence-electron chi connectivity index (χ2n) is 8.06. The van der Waals surface area contributed by atoms with E-state index in [0.29, 0.717) is 12.2 Å². The van der Waals surface area contributed by atoms with Crippen LogP contribution in [0.5, 0.6) is 5.75 Å². The van der Waals surface area contributed by atoms with Crippen LogP contribution in [0.3, 0.4) is 0 Å². The van der Waals surface area contributed by atoms with Gasteiger partial charge in [-0.15, -0.1) is 0 Å². The molecular formula is C21H19NO7. The van der Waals surface area contributed by atoms with E-state index in [4.69, 9.17) is 9.15 Å². The van der Waals surface area contributed by atoms with Crippen LogP contribution in [0.4, 0.5) is 5.69 Å². The van der Waals surface area contributed by atoms with Crippen molar-refractivity contribution in [3.05, 3.63) is 79.1 Å². The van der Waals surface area contributed by atoms with Crippen molar-refractivity contribution in [2.45, 2.75) is 39.2 Å². The SMILES string of the molecule is CC1(C)CC(=O)C2=C(C1)Oc1c(oc(CO)cc1=O)C2c1ccccc1[N+](=O)[O-]. The van der Waals surface area contributed by atoms with Gasteiger partial charge in [-0.05, 0) is 5.41 Å². The lowest BCUT2D eigenvalue weighted by Crippen LogP contribution is -2.34. The number of fused-ring (bicyclic) bond motifs is 1. The third kappa shape index (κ3) is 3.15. The minimum Gasteiger partial charge on any atom is -0.458 e. The summed E-state index contributed by atoms with van der Waals surface area (Å²) in [7, 11) is 0. The highest BCUT2D eigenvalue weighted by Crippen LogP contribution is 2.50. The molecule has 1 aromatic carbocycles. The summed E-state index contributed by atoms with van der Waals surface area (Å²) < 4.78 is 11.5. The molecule has 0 radical (unpaired) electrons. The largest absolute Gasteiger partial charge is 0.458 e. The van der Waals surface area contributed by atoms with Crippen LogP contribution in [-0.4, -0.2) is 15.8 Å². The van der Waals surface area contributed by atoms with E-state index in [1.165, 1.54) is 12.1 Å². The first-order valence-electron chi connectivity index (χ1n) is 9.17. The van der Waals surface area contributed by atoms with Gasteiger partial charge in [0.2, 0.25) is 11.2 Å². The third-order valence-electron chi connectivity index (χ3n) is 5.24. The lowest BCUT2D eigenvalue weighted by molar-refractivity contribution is -0.385. The monoisotopic (exact) mass is 397 g/mol. The number of aliphatic hydroxyl groups excluding tert-OH is 1. The Morgan fingerprint density at radius 2 is 1.97 bits per heavy atom. The summed E-state index contributed by atoms with van der Waals surface area (Å²) in [5.74, 6) is -0.933. The molecule has 29 heavy (non-hydrogen) atoms. The number of hydrogen-bond acceptors (Lipinski definition) is 7. The molecule has 1 atom stereocenters.